The molecule has 1 aliphatic heterocycles. The zero-order valence-electron chi connectivity index (χ0n) is 13.5. The van der Waals surface area contributed by atoms with Gasteiger partial charge in [0.05, 0.1) is 11.5 Å². The summed E-state index contributed by atoms with van der Waals surface area (Å²) in [6.07, 6.45) is 0.819. The minimum atomic E-state index is -0.314. The number of carbonyl (C=O) groups excluding carboxylic acids is 1. The number of amides is 1. The summed E-state index contributed by atoms with van der Waals surface area (Å²) in [5, 5.41) is 0.493. The molecule has 0 aliphatic carbocycles. The summed E-state index contributed by atoms with van der Waals surface area (Å²) in [6, 6.07) is 10.9. The second-order valence-corrected chi connectivity index (χ2v) is 7.90. The van der Waals surface area contributed by atoms with E-state index >= 15 is 0 Å². The van der Waals surface area contributed by atoms with Crippen molar-refractivity contribution in [1.82, 2.24) is 0 Å². The van der Waals surface area contributed by atoms with Crippen LogP contribution < -0.4 is 4.90 Å². The number of nitrogens with zero attached hydrogens (tertiary/aromatic N) is 1. The molecular weight excluding hydrogens is 405 g/mol. The third kappa shape index (κ3) is 2.78. The molecule has 0 fully saturated rings. The number of anilines is 1. The molecule has 1 aromatic heterocycles. The van der Waals surface area contributed by atoms with Crippen LogP contribution in [-0.2, 0) is 17.8 Å². The Labute approximate surface area is 157 Å². The van der Waals surface area contributed by atoms with Crippen LogP contribution in [0.3, 0.4) is 0 Å². The van der Waals surface area contributed by atoms with Crippen molar-refractivity contribution in [2.75, 3.05) is 18.6 Å². The summed E-state index contributed by atoms with van der Waals surface area (Å²) < 4.78 is 21.4. The van der Waals surface area contributed by atoms with Gasteiger partial charge in [0.1, 0.15) is 5.82 Å². The van der Waals surface area contributed by atoms with Gasteiger partial charge in [-0.1, -0.05) is 22.0 Å². The summed E-state index contributed by atoms with van der Waals surface area (Å²) in [4.78, 5) is 15.6. The standard InChI is InChI=1S/C19H15BrFNO2S/c1-24-10-13-17-14(21)3-2-4-16(17)25-18(13)19(23)22-8-7-11-9-12(20)5-6-15(11)22/h2-6,9H,7-8,10H2,1H3. The minimum Gasteiger partial charge on any atom is -0.380 e. The minimum absolute atomic E-state index is 0.0891. The van der Waals surface area contributed by atoms with Gasteiger partial charge in [-0.25, -0.2) is 4.39 Å². The lowest BCUT2D eigenvalue weighted by molar-refractivity contribution is 0.0989. The SMILES string of the molecule is COCc1c(C(=O)N2CCc3cc(Br)ccc32)sc2cccc(F)c12. The van der Waals surface area contributed by atoms with Gasteiger partial charge in [0.2, 0.25) is 0 Å². The highest BCUT2D eigenvalue weighted by Crippen LogP contribution is 2.37. The number of fused-ring (bicyclic) bond motifs is 2. The molecule has 0 bridgehead atoms. The molecule has 1 aliphatic rings. The first-order valence-corrected chi connectivity index (χ1v) is 9.50. The first-order valence-electron chi connectivity index (χ1n) is 7.89. The monoisotopic (exact) mass is 419 g/mol. The van der Waals surface area contributed by atoms with Crippen LogP contribution in [0.15, 0.2) is 40.9 Å². The van der Waals surface area contributed by atoms with Gasteiger partial charge in [-0.15, -0.1) is 11.3 Å². The molecule has 6 heteroatoms. The summed E-state index contributed by atoms with van der Waals surface area (Å²) in [6.45, 7) is 0.844. The van der Waals surface area contributed by atoms with Crippen molar-refractivity contribution in [2.45, 2.75) is 13.0 Å². The first kappa shape index (κ1) is 16.7. The molecule has 0 atom stereocenters. The number of rotatable bonds is 3. The maximum absolute atomic E-state index is 14.3. The van der Waals surface area contributed by atoms with Crippen molar-refractivity contribution in [3.8, 4) is 0 Å². The largest absolute Gasteiger partial charge is 0.380 e. The van der Waals surface area contributed by atoms with Crippen LogP contribution in [0, 0.1) is 5.82 Å². The Kier molecular flexibility index (Phi) is 4.35. The number of thiophene rings is 1. The van der Waals surface area contributed by atoms with E-state index in [4.69, 9.17) is 4.74 Å². The number of carbonyl (C=O) groups is 1. The molecule has 1 amide bonds. The third-order valence-corrected chi connectivity index (χ3v) is 6.11. The van der Waals surface area contributed by atoms with Crippen LogP contribution in [0.5, 0.6) is 0 Å². The highest BCUT2D eigenvalue weighted by atomic mass is 79.9. The van der Waals surface area contributed by atoms with Gasteiger partial charge in [-0.2, -0.15) is 0 Å². The Morgan fingerprint density at radius 1 is 1.36 bits per heavy atom. The second kappa shape index (κ2) is 6.52. The smallest absolute Gasteiger partial charge is 0.268 e. The van der Waals surface area contributed by atoms with Crippen LogP contribution in [0.4, 0.5) is 10.1 Å². The lowest BCUT2D eigenvalue weighted by Crippen LogP contribution is -2.29. The van der Waals surface area contributed by atoms with Crippen LogP contribution in [0.25, 0.3) is 10.1 Å². The van der Waals surface area contributed by atoms with Crippen LogP contribution in [0.1, 0.15) is 20.8 Å². The fourth-order valence-electron chi connectivity index (χ4n) is 3.33. The summed E-state index contributed by atoms with van der Waals surface area (Å²) in [5.41, 5.74) is 2.70. The number of hydrogen-bond acceptors (Lipinski definition) is 3. The van der Waals surface area contributed by atoms with Crippen LogP contribution in [-0.4, -0.2) is 19.6 Å². The maximum Gasteiger partial charge on any atom is 0.268 e. The maximum atomic E-state index is 14.3. The number of halogens is 2. The van der Waals surface area contributed by atoms with Gasteiger partial charge in [-0.3, -0.25) is 4.79 Å². The van der Waals surface area contributed by atoms with E-state index in [0.29, 0.717) is 22.4 Å². The molecule has 0 saturated heterocycles. The second-order valence-electron chi connectivity index (χ2n) is 5.94. The van der Waals surface area contributed by atoms with E-state index in [1.165, 1.54) is 17.4 Å². The number of benzene rings is 2. The van der Waals surface area contributed by atoms with Crippen molar-refractivity contribution in [3.63, 3.8) is 0 Å². The Morgan fingerprint density at radius 2 is 2.20 bits per heavy atom. The number of hydrogen-bond donors (Lipinski definition) is 0. The average Bonchev–Trinajstić information content (AvgIpc) is 3.17. The zero-order chi connectivity index (χ0) is 17.6. The molecule has 4 rings (SSSR count). The van der Waals surface area contributed by atoms with Crippen LogP contribution >= 0.6 is 27.3 Å². The van der Waals surface area contributed by atoms with Crippen molar-refractivity contribution in [2.24, 2.45) is 0 Å². The van der Waals surface area contributed by atoms with Gasteiger partial charge in [0, 0.05) is 39.5 Å². The highest BCUT2D eigenvalue weighted by Gasteiger charge is 2.29. The zero-order valence-corrected chi connectivity index (χ0v) is 15.9. The molecule has 25 heavy (non-hydrogen) atoms. The average molecular weight is 420 g/mol. The van der Waals surface area contributed by atoms with Crippen molar-refractivity contribution >= 4 is 48.9 Å². The topological polar surface area (TPSA) is 29.5 Å². The normalized spacial score (nSPS) is 13.5. The molecule has 0 saturated carbocycles. The molecule has 2 aromatic carbocycles. The van der Waals surface area contributed by atoms with E-state index in [0.717, 1.165) is 26.8 Å². The summed E-state index contributed by atoms with van der Waals surface area (Å²) in [5.74, 6) is -0.403. The van der Waals surface area contributed by atoms with Crippen molar-refractivity contribution in [3.05, 3.63) is 62.7 Å². The number of methoxy groups -OCH3 is 1. The van der Waals surface area contributed by atoms with Crippen molar-refractivity contribution < 1.29 is 13.9 Å². The van der Waals surface area contributed by atoms with E-state index in [9.17, 15) is 9.18 Å². The molecule has 2 heterocycles. The molecule has 0 radical (unpaired) electrons. The van der Waals surface area contributed by atoms with Gasteiger partial charge >= 0.3 is 0 Å². The lowest BCUT2D eigenvalue weighted by atomic mass is 10.1. The number of ether oxygens (including phenoxy) is 1. The van der Waals surface area contributed by atoms with Gasteiger partial charge in [-0.05, 0) is 42.3 Å². The van der Waals surface area contributed by atoms with E-state index < -0.39 is 0 Å². The van der Waals surface area contributed by atoms with Crippen LogP contribution in [0.2, 0.25) is 0 Å². The fraction of sp³-hybridized carbons (Fsp3) is 0.211. The predicted octanol–water partition coefficient (Wildman–Crippen LogP) is 5.15. The molecule has 0 spiro atoms. The lowest BCUT2D eigenvalue weighted by Gasteiger charge is -2.17. The van der Waals surface area contributed by atoms with Gasteiger partial charge in [0.15, 0.2) is 0 Å². The van der Waals surface area contributed by atoms with E-state index in [2.05, 4.69) is 15.9 Å². The Bertz CT molecular complexity index is 985. The molecule has 128 valence electrons. The Morgan fingerprint density at radius 3 is 3.00 bits per heavy atom. The molecule has 0 N–H and O–H groups in total. The predicted molar refractivity (Wildman–Crippen MR) is 102 cm³/mol. The molecule has 3 nitrogen and oxygen atoms in total. The van der Waals surface area contributed by atoms with E-state index in [-0.39, 0.29) is 18.3 Å². The van der Waals surface area contributed by atoms with E-state index in [1.54, 1.807) is 18.1 Å². The third-order valence-electron chi connectivity index (χ3n) is 4.43. The molecular formula is C19H15BrFNO2S. The Balaban J connectivity index is 1.82. The Hall–Kier alpha value is -1.76. The quantitative estimate of drug-likeness (QED) is 0.587. The van der Waals surface area contributed by atoms with E-state index in [1.807, 2.05) is 24.3 Å². The van der Waals surface area contributed by atoms with Crippen molar-refractivity contribution in [1.29, 1.82) is 0 Å². The van der Waals surface area contributed by atoms with Gasteiger partial charge < -0.3 is 9.64 Å². The summed E-state index contributed by atoms with van der Waals surface area (Å²) >= 11 is 4.80. The molecule has 3 aromatic rings. The molecule has 0 unspecified atom stereocenters. The highest BCUT2D eigenvalue weighted by molar-refractivity contribution is 9.10. The fourth-order valence-corrected chi connectivity index (χ4v) is 4.91. The first-order chi connectivity index (χ1) is 12.1. The summed E-state index contributed by atoms with van der Waals surface area (Å²) in [7, 11) is 1.56. The van der Waals surface area contributed by atoms with Gasteiger partial charge in [0.25, 0.3) is 5.91 Å².